The van der Waals surface area contributed by atoms with Gasteiger partial charge in [0.25, 0.3) is 0 Å². The zero-order valence-electron chi connectivity index (χ0n) is 14.9. The highest BCUT2D eigenvalue weighted by molar-refractivity contribution is 7.14. The molecule has 0 unspecified atom stereocenters. The van der Waals surface area contributed by atoms with Crippen LogP contribution < -0.4 is 16.4 Å². The Morgan fingerprint density at radius 3 is 2.96 bits per heavy atom. The smallest absolute Gasteiger partial charge is 0.169 e. The molecule has 0 spiro atoms. The van der Waals surface area contributed by atoms with Crippen LogP contribution >= 0.6 is 11.3 Å². The number of aliphatic hydroxyl groups excluding tert-OH is 1. The van der Waals surface area contributed by atoms with Gasteiger partial charge in [0, 0.05) is 29.4 Å². The first kappa shape index (κ1) is 18.8. The van der Waals surface area contributed by atoms with Gasteiger partial charge in [-0.25, -0.2) is 9.97 Å². The molecule has 3 aromatic rings. The van der Waals surface area contributed by atoms with Gasteiger partial charge in [0.05, 0.1) is 48.3 Å². The molecule has 0 amide bonds. The van der Waals surface area contributed by atoms with Crippen molar-refractivity contribution in [3.8, 4) is 11.3 Å². The van der Waals surface area contributed by atoms with Crippen molar-refractivity contribution in [3.63, 3.8) is 0 Å². The summed E-state index contributed by atoms with van der Waals surface area (Å²) in [5.41, 5.74) is 8.37. The molecule has 9 nitrogen and oxygen atoms in total. The third-order valence-corrected chi connectivity index (χ3v) is 4.88. The van der Waals surface area contributed by atoms with Crippen molar-refractivity contribution in [1.29, 1.82) is 5.41 Å². The van der Waals surface area contributed by atoms with Crippen LogP contribution in [0.25, 0.3) is 11.3 Å². The average Bonchev–Trinajstić information content (AvgIpc) is 3.29. The minimum atomic E-state index is 0.0226. The van der Waals surface area contributed by atoms with Gasteiger partial charge in [-0.05, 0) is 13.0 Å². The third kappa shape index (κ3) is 4.41. The molecule has 3 rings (SSSR count). The number of nitrogens with two attached hydrogens (primary N) is 1. The summed E-state index contributed by atoms with van der Waals surface area (Å²) in [5, 5.41) is 27.2. The summed E-state index contributed by atoms with van der Waals surface area (Å²) in [4.78, 5) is 10.7. The summed E-state index contributed by atoms with van der Waals surface area (Å²) < 4.78 is 1.65. The Labute approximate surface area is 160 Å². The number of aromatic nitrogens is 4. The lowest BCUT2D eigenvalue weighted by atomic mass is 10.2. The van der Waals surface area contributed by atoms with Crippen molar-refractivity contribution in [2.24, 2.45) is 0 Å². The SMILES string of the molecule is CCNc1cc(CNc2nc(-c3cnn(CCO)c3)cnc2N)sc1C=N. The van der Waals surface area contributed by atoms with Crippen molar-refractivity contribution in [2.45, 2.75) is 20.0 Å². The van der Waals surface area contributed by atoms with E-state index in [0.717, 1.165) is 27.5 Å². The van der Waals surface area contributed by atoms with Gasteiger partial charge in [-0.15, -0.1) is 11.3 Å². The standard InChI is InChI=1S/C17H22N8OS/c1-2-20-13-5-12(27-15(13)6-18)8-22-17-16(19)21-9-14(24-17)11-7-23-25(10-11)3-4-26/h5-7,9-10,18,20,26H,2-4,8H2,1H3,(H2,19,21)(H,22,24). The van der Waals surface area contributed by atoms with Crippen molar-refractivity contribution in [1.82, 2.24) is 19.7 Å². The summed E-state index contributed by atoms with van der Waals surface area (Å²) in [6, 6.07) is 2.02. The number of hydrogen-bond donors (Lipinski definition) is 5. The second-order valence-electron chi connectivity index (χ2n) is 5.72. The zero-order valence-corrected chi connectivity index (χ0v) is 15.8. The quantitative estimate of drug-likeness (QED) is 0.355. The Bertz CT molecular complexity index is 920. The second kappa shape index (κ2) is 8.60. The zero-order chi connectivity index (χ0) is 19.2. The van der Waals surface area contributed by atoms with E-state index in [4.69, 9.17) is 16.2 Å². The maximum Gasteiger partial charge on any atom is 0.169 e. The molecule has 3 heterocycles. The minimum absolute atomic E-state index is 0.0226. The molecule has 0 saturated carbocycles. The lowest BCUT2D eigenvalue weighted by molar-refractivity contribution is 0.269. The molecular weight excluding hydrogens is 364 g/mol. The number of hydrogen-bond acceptors (Lipinski definition) is 9. The Hall–Kier alpha value is -2.98. The van der Waals surface area contributed by atoms with Crippen LogP contribution in [0.5, 0.6) is 0 Å². The minimum Gasteiger partial charge on any atom is -0.394 e. The molecule has 3 aromatic heterocycles. The fraction of sp³-hybridized carbons (Fsp3) is 0.294. The van der Waals surface area contributed by atoms with E-state index in [-0.39, 0.29) is 6.61 Å². The summed E-state index contributed by atoms with van der Waals surface area (Å²) in [6.45, 7) is 3.80. The van der Waals surface area contributed by atoms with Crippen molar-refractivity contribution < 1.29 is 5.11 Å². The molecule has 0 atom stereocenters. The highest BCUT2D eigenvalue weighted by Crippen LogP contribution is 2.27. The van der Waals surface area contributed by atoms with E-state index in [0.29, 0.717) is 30.4 Å². The maximum absolute atomic E-state index is 9.00. The second-order valence-corrected chi connectivity index (χ2v) is 6.89. The van der Waals surface area contributed by atoms with Crippen molar-refractivity contribution >= 4 is 34.9 Å². The van der Waals surface area contributed by atoms with Gasteiger partial charge in [0.2, 0.25) is 0 Å². The molecule has 0 fully saturated rings. The first-order chi connectivity index (χ1) is 13.1. The summed E-state index contributed by atoms with van der Waals surface area (Å²) in [5.74, 6) is 0.814. The van der Waals surface area contributed by atoms with Crippen LogP contribution in [-0.4, -0.2) is 44.2 Å². The van der Waals surface area contributed by atoms with E-state index < -0.39 is 0 Å². The molecule has 0 saturated heterocycles. The maximum atomic E-state index is 9.00. The number of nitrogens with zero attached hydrogens (tertiary/aromatic N) is 4. The molecule has 142 valence electrons. The van der Waals surface area contributed by atoms with Crippen LogP contribution in [0.3, 0.4) is 0 Å². The molecule has 0 aliphatic rings. The number of aliphatic hydroxyl groups is 1. The van der Waals surface area contributed by atoms with Crippen LogP contribution in [0.1, 0.15) is 16.7 Å². The first-order valence-electron chi connectivity index (χ1n) is 8.51. The van der Waals surface area contributed by atoms with Crippen LogP contribution in [-0.2, 0) is 13.1 Å². The topological polar surface area (TPSA) is 138 Å². The van der Waals surface area contributed by atoms with Crippen molar-refractivity contribution in [2.75, 3.05) is 29.5 Å². The number of anilines is 3. The normalized spacial score (nSPS) is 10.7. The average molecular weight is 386 g/mol. The summed E-state index contributed by atoms with van der Waals surface area (Å²) >= 11 is 1.54. The van der Waals surface area contributed by atoms with Crippen LogP contribution in [0, 0.1) is 5.41 Å². The molecule has 0 aliphatic carbocycles. The van der Waals surface area contributed by atoms with E-state index in [1.165, 1.54) is 17.6 Å². The third-order valence-electron chi connectivity index (χ3n) is 3.80. The van der Waals surface area contributed by atoms with Gasteiger partial charge < -0.3 is 26.9 Å². The van der Waals surface area contributed by atoms with Crippen LogP contribution in [0.4, 0.5) is 17.3 Å². The predicted molar refractivity (Wildman–Crippen MR) is 108 cm³/mol. The predicted octanol–water partition coefficient (Wildman–Crippen LogP) is 2.02. The molecule has 27 heavy (non-hydrogen) atoms. The lowest BCUT2D eigenvalue weighted by Gasteiger charge is -2.08. The number of thiophene rings is 1. The Morgan fingerprint density at radius 2 is 2.22 bits per heavy atom. The molecule has 0 aromatic carbocycles. The monoisotopic (exact) mass is 386 g/mol. The number of nitrogen functional groups attached to an aromatic ring is 1. The van der Waals surface area contributed by atoms with Gasteiger partial charge in [-0.2, -0.15) is 5.10 Å². The molecule has 0 aliphatic heterocycles. The van der Waals surface area contributed by atoms with Gasteiger partial charge in [-0.1, -0.05) is 0 Å². The van der Waals surface area contributed by atoms with Gasteiger partial charge in [-0.3, -0.25) is 4.68 Å². The molecule has 6 N–H and O–H groups in total. The number of nitrogens with one attached hydrogen (secondary N) is 3. The van der Waals surface area contributed by atoms with Gasteiger partial charge in [0.1, 0.15) is 0 Å². The van der Waals surface area contributed by atoms with E-state index in [1.54, 1.807) is 23.3 Å². The molecule has 0 radical (unpaired) electrons. The molecule has 10 heteroatoms. The molecule has 0 bridgehead atoms. The first-order valence-corrected chi connectivity index (χ1v) is 9.33. The largest absolute Gasteiger partial charge is 0.394 e. The number of rotatable bonds is 9. The highest BCUT2D eigenvalue weighted by atomic mass is 32.1. The van der Waals surface area contributed by atoms with E-state index in [1.807, 2.05) is 13.0 Å². The fourth-order valence-electron chi connectivity index (χ4n) is 2.54. The fourth-order valence-corrected chi connectivity index (χ4v) is 3.44. The van der Waals surface area contributed by atoms with E-state index in [9.17, 15) is 0 Å². The Morgan fingerprint density at radius 1 is 1.37 bits per heavy atom. The van der Waals surface area contributed by atoms with E-state index in [2.05, 4.69) is 25.7 Å². The van der Waals surface area contributed by atoms with Crippen LogP contribution in [0.2, 0.25) is 0 Å². The van der Waals surface area contributed by atoms with Crippen molar-refractivity contribution in [3.05, 3.63) is 34.4 Å². The van der Waals surface area contributed by atoms with Gasteiger partial charge in [0.15, 0.2) is 11.6 Å². The highest BCUT2D eigenvalue weighted by Gasteiger charge is 2.11. The molecular formula is C17H22N8OS. The van der Waals surface area contributed by atoms with E-state index >= 15 is 0 Å². The lowest BCUT2D eigenvalue weighted by Crippen LogP contribution is -2.06. The summed E-state index contributed by atoms with van der Waals surface area (Å²) in [6.07, 6.45) is 6.43. The summed E-state index contributed by atoms with van der Waals surface area (Å²) in [7, 11) is 0. The van der Waals surface area contributed by atoms with Crippen LogP contribution in [0.15, 0.2) is 24.7 Å². The Balaban J connectivity index is 1.75. The Kier molecular flexibility index (Phi) is 5.99. The van der Waals surface area contributed by atoms with Gasteiger partial charge >= 0.3 is 0 Å².